The number of aliphatic hydroxyl groups is 1. The van der Waals surface area contributed by atoms with Crippen LogP contribution in [0, 0.1) is 0 Å². The van der Waals surface area contributed by atoms with Gasteiger partial charge in [-0.3, -0.25) is 9.59 Å². The van der Waals surface area contributed by atoms with Gasteiger partial charge in [0.2, 0.25) is 0 Å². The van der Waals surface area contributed by atoms with Crippen LogP contribution in [0.1, 0.15) is 60.7 Å². The number of methoxy groups -OCH3 is 2. The number of aryl methyl sites for hydroxylation is 1. The molecule has 0 bridgehead atoms. The van der Waals surface area contributed by atoms with Gasteiger partial charge in [-0.2, -0.15) is 0 Å². The van der Waals surface area contributed by atoms with E-state index in [4.69, 9.17) is 42.3 Å². The molecule has 1 N–H and O–H groups in total. The zero-order valence-corrected chi connectivity index (χ0v) is 34.9. The molecule has 2 amide bonds. The Labute approximate surface area is 351 Å². The fourth-order valence-corrected chi connectivity index (χ4v) is 7.79. The Balaban J connectivity index is 1.15. The smallest absolute Gasteiger partial charge is 0.417 e. The maximum atomic E-state index is 14.0. The summed E-state index contributed by atoms with van der Waals surface area (Å²) < 4.78 is 54.8. The van der Waals surface area contributed by atoms with E-state index in [0.717, 1.165) is 21.6 Å². The number of carbonyl (C=O) groups excluding carboxylic acids is 3. The molecular weight excluding hydrogens is 830 g/mol. The molecule has 15 heteroatoms. The third kappa shape index (κ3) is 10.8. The summed E-state index contributed by atoms with van der Waals surface area (Å²) in [5.74, 6) is -0.817. The Morgan fingerprint density at radius 3 is 2.05 bits per heavy atom. The molecule has 2 saturated heterocycles. The van der Waals surface area contributed by atoms with Crippen LogP contribution in [-0.4, -0.2) is 98.3 Å². The van der Waals surface area contributed by atoms with Gasteiger partial charge in [0.25, 0.3) is 5.91 Å². The minimum atomic E-state index is -1.44. The molecule has 9 atom stereocenters. The van der Waals surface area contributed by atoms with Gasteiger partial charge in [0.15, 0.2) is 18.5 Å². The van der Waals surface area contributed by atoms with Crippen molar-refractivity contribution in [3.8, 4) is 0 Å². The number of esters is 1. The largest absolute Gasteiger partial charge is 0.461 e. The summed E-state index contributed by atoms with van der Waals surface area (Å²) in [4.78, 5) is 40.4. The highest BCUT2D eigenvalue weighted by atomic mass is 79.9. The Hall–Kier alpha value is -4.45. The second kappa shape index (κ2) is 21.2. The average Bonchev–Trinajstić information content (AvgIpc) is 3.77. The molecule has 3 aromatic carbocycles. The van der Waals surface area contributed by atoms with Crippen molar-refractivity contribution in [3.05, 3.63) is 130 Å². The SMILES string of the molecule is CO[C@H]1O[C@H](CO)[C@@H](OCc2ccccc2)[C@H](OCc2ccccc2)[C@@H]1OCCCc1oc([C@@H](OC(C)=O)[C@H](OC)C(=O)N2C(=O)O[C@H](c3ccccc3)[C@@H]2C)cc1Br. The Bertz CT molecular complexity index is 1950. The summed E-state index contributed by atoms with van der Waals surface area (Å²) in [5, 5.41) is 10.4. The lowest BCUT2D eigenvalue weighted by Crippen LogP contribution is -2.61. The number of nitrogens with zero attached hydrogens (tertiary/aromatic N) is 1. The summed E-state index contributed by atoms with van der Waals surface area (Å²) >= 11 is 3.55. The molecule has 3 heterocycles. The fourth-order valence-electron chi connectivity index (χ4n) is 7.29. The number of rotatable bonds is 19. The van der Waals surface area contributed by atoms with Crippen molar-refractivity contribution < 1.29 is 61.8 Å². The molecular formula is C44H50BrNO13. The summed E-state index contributed by atoms with van der Waals surface area (Å²) in [6.07, 6.45) is -7.27. The molecule has 4 aromatic rings. The normalized spacial score (nSPS) is 24.1. The van der Waals surface area contributed by atoms with Gasteiger partial charge in [-0.15, -0.1) is 0 Å². The van der Waals surface area contributed by atoms with E-state index in [0.29, 0.717) is 23.1 Å². The number of benzene rings is 3. The van der Waals surface area contributed by atoms with Crippen molar-refractivity contribution >= 4 is 33.9 Å². The van der Waals surface area contributed by atoms with Crippen LogP contribution in [0.2, 0.25) is 0 Å². The second-order valence-electron chi connectivity index (χ2n) is 14.2. The van der Waals surface area contributed by atoms with Gasteiger partial charge in [0.1, 0.15) is 42.0 Å². The number of ether oxygens (including phenoxy) is 8. The number of furan rings is 1. The first kappa shape index (κ1) is 44.1. The van der Waals surface area contributed by atoms with E-state index in [1.807, 2.05) is 91.0 Å². The van der Waals surface area contributed by atoms with Crippen molar-refractivity contribution in [1.29, 1.82) is 0 Å². The Kier molecular flexibility index (Phi) is 15.8. The minimum absolute atomic E-state index is 0.131. The van der Waals surface area contributed by atoms with E-state index in [-0.39, 0.29) is 32.2 Å². The molecule has 0 spiro atoms. The number of hydrogen-bond acceptors (Lipinski definition) is 13. The van der Waals surface area contributed by atoms with Gasteiger partial charge >= 0.3 is 12.1 Å². The lowest BCUT2D eigenvalue weighted by atomic mass is 9.98. The van der Waals surface area contributed by atoms with E-state index >= 15 is 0 Å². The predicted molar refractivity (Wildman–Crippen MR) is 215 cm³/mol. The number of imide groups is 1. The predicted octanol–water partition coefficient (Wildman–Crippen LogP) is 6.62. The van der Waals surface area contributed by atoms with Crippen LogP contribution in [0.25, 0.3) is 0 Å². The molecule has 1 aromatic heterocycles. The van der Waals surface area contributed by atoms with Gasteiger partial charge in [0.05, 0.1) is 30.3 Å². The van der Waals surface area contributed by atoms with Gasteiger partial charge < -0.3 is 47.4 Å². The zero-order chi connectivity index (χ0) is 41.9. The summed E-state index contributed by atoms with van der Waals surface area (Å²) in [7, 11) is 2.79. The number of aliphatic hydroxyl groups excluding tert-OH is 1. The summed E-state index contributed by atoms with van der Waals surface area (Å²) in [6.45, 7) is 3.30. The van der Waals surface area contributed by atoms with Crippen LogP contribution in [0.15, 0.2) is 106 Å². The molecule has 2 fully saturated rings. The van der Waals surface area contributed by atoms with E-state index in [1.54, 1.807) is 13.0 Å². The van der Waals surface area contributed by atoms with Crippen LogP contribution in [0.3, 0.4) is 0 Å². The van der Waals surface area contributed by atoms with Crippen molar-refractivity contribution in [2.75, 3.05) is 27.4 Å². The van der Waals surface area contributed by atoms with Crippen LogP contribution >= 0.6 is 15.9 Å². The molecule has 2 aliphatic rings. The quantitative estimate of drug-likeness (QED) is 0.0791. The third-order valence-corrected chi connectivity index (χ3v) is 10.9. The second-order valence-corrected chi connectivity index (χ2v) is 15.0. The maximum absolute atomic E-state index is 14.0. The van der Waals surface area contributed by atoms with Crippen LogP contribution in [-0.2, 0) is 67.1 Å². The first-order chi connectivity index (χ1) is 28.6. The fraction of sp³-hybridized carbons (Fsp3) is 0.432. The van der Waals surface area contributed by atoms with Crippen molar-refractivity contribution in [1.82, 2.24) is 4.90 Å². The van der Waals surface area contributed by atoms with Gasteiger partial charge in [-0.05, 0) is 52.0 Å². The van der Waals surface area contributed by atoms with Gasteiger partial charge in [-0.1, -0.05) is 91.0 Å². The molecule has 14 nitrogen and oxygen atoms in total. The molecule has 0 aliphatic carbocycles. The number of carbonyl (C=O) groups is 3. The zero-order valence-electron chi connectivity index (χ0n) is 33.3. The monoisotopic (exact) mass is 879 g/mol. The van der Waals surface area contributed by atoms with Crippen LogP contribution in [0.5, 0.6) is 0 Å². The lowest BCUT2D eigenvalue weighted by Gasteiger charge is -2.45. The van der Waals surface area contributed by atoms with Crippen molar-refractivity contribution in [2.45, 2.75) is 95.0 Å². The Morgan fingerprint density at radius 2 is 1.47 bits per heavy atom. The highest BCUT2D eigenvalue weighted by Crippen LogP contribution is 2.37. The first-order valence-corrected chi connectivity index (χ1v) is 20.2. The highest BCUT2D eigenvalue weighted by molar-refractivity contribution is 9.10. The molecule has 316 valence electrons. The van der Waals surface area contributed by atoms with E-state index in [9.17, 15) is 19.5 Å². The van der Waals surface area contributed by atoms with E-state index in [1.165, 1.54) is 21.1 Å². The molecule has 59 heavy (non-hydrogen) atoms. The molecule has 0 unspecified atom stereocenters. The maximum Gasteiger partial charge on any atom is 0.417 e. The molecule has 6 rings (SSSR count). The molecule has 2 aliphatic heterocycles. The summed E-state index contributed by atoms with van der Waals surface area (Å²) in [6, 6.07) is 29.4. The highest BCUT2D eigenvalue weighted by Gasteiger charge is 2.50. The molecule has 0 saturated carbocycles. The van der Waals surface area contributed by atoms with Crippen molar-refractivity contribution in [3.63, 3.8) is 0 Å². The third-order valence-electron chi connectivity index (χ3n) is 10.2. The Morgan fingerprint density at radius 1 is 0.864 bits per heavy atom. The van der Waals surface area contributed by atoms with Crippen LogP contribution in [0.4, 0.5) is 4.79 Å². The number of cyclic esters (lactones) is 1. The van der Waals surface area contributed by atoms with Gasteiger partial charge in [0, 0.05) is 34.2 Å². The summed E-state index contributed by atoms with van der Waals surface area (Å²) in [5.41, 5.74) is 2.62. The lowest BCUT2D eigenvalue weighted by molar-refractivity contribution is -0.319. The van der Waals surface area contributed by atoms with Crippen LogP contribution < -0.4 is 0 Å². The topological polar surface area (TPSA) is 162 Å². The minimum Gasteiger partial charge on any atom is -0.461 e. The standard InChI is InChI=1S/C44H50BrNO13/c1-27-36(31-19-12-7-13-20-31)59-44(50)46(27)42(49)40(51-3)38(56-28(2)48)34-23-32(45)33(57-34)21-14-22-53-41-39(55-26-30-17-10-6-11-18-30)37(35(24-47)58-43(41)52-4)54-25-29-15-8-5-9-16-29/h5-13,15-20,23,27,35-41,43,47H,14,21-22,24-26H2,1-4H3/t27-,35+,36-,37+,38+,39-,40-,41-,43-/m0/s1. The number of hydrogen-bond donors (Lipinski definition) is 1. The number of amides is 2. The first-order valence-electron chi connectivity index (χ1n) is 19.4. The van der Waals surface area contributed by atoms with E-state index in [2.05, 4.69) is 15.9 Å². The average molecular weight is 881 g/mol. The van der Waals surface area contributed by atoms with Gasteiger partial charge in [-0.25, -0.2) is 9.69 Å². The molecule has 0 radical (unpaired) electrons. The van der Waals surface area contributed by atoms with E-state index < -0.39 is 73.0 Å². The van der Waals surface area contributed by atoms with Crippen molar-refractivity contribution in [2.24, 2.45) is 0 Å². The number of halogens is 1.